The number of anilines is 2. The van der Waals surface area contributed by atoms with Crippen LogP contribution in [-0.2, 0) is 0 Å². The summed E-state index contributed by atoms with van der Waals surface area (Å²) in [6.45, 7) is 9.80. The van der Waals surface area contributed by atoms with Crippen LogP contribution < -0.4 is 10.2 Å². The van der Waals surface area contributed by atoms with Crippen LogP contribution in [0.15, 0.2) is 30.3 Å². The first-order chi connectivity index (χ1) is 10.5. The molecule has 2 aromatic rings. The van der Waals surface area contributed by atoms with Crippen molar-refractivity contribution < 1.29 is 4.79 Å². The average Bonchev–Trinajstić information content (AvgIpc) is 2.53. The zero-order valence-corrected chi connectivity index (χ0v) is 13.6. The number of nitrogens with zero attached hydrogens (tertiary/aromatic N) is 3. The molecule has 2 rings (SSSR count). The highest BCUT2D eigenvalue weighted by molar-refractivity contribution is 6.03. The van der Waals surface area contributed by atoms with E-state index in [0.717, 1.165) is 35.7 Å². The van der Waals surface area contributed by atoms with E-state index in [1.807, 2.05) is 38.1 Å². The number of carbonyl (C=O) groups is 1. The summed E-state index contributed by atoms with van der Waals surface area (Å²) in [5.41, 5.74) is 3.24. The van der Waals surface area contributed by atoms with Crippen LogP contribution in [0.3, 0.4) is 0 Å². The van der Waals surface area contributed by atoms with E-state index in [4.69, 9.17) is 0 Å². The number of hydrogen-bond donors (Lipinski definition) is 1. The summed E-state index contributed by atoms with van der Waals surface area (Å²) < 4.78 is 0. The summed E-state index contributed by atoms with van der Waals surface area (Å²) in [5.74, 6) is 0.542. The lowest BCUT2D eigenvalue weighted by Crippen LogP contribution is -2.24. The number of hydrogen-bond acceptors (Lipinski definition) is 4. The second kappa shape index (κ2) is 7.02. The summed E-state index contributed by atoms with van der Waals surface area (Å²) in [4.78, 5) is 14.4. The molecule has 1 heterocycles. The Morgan fingerprint density at radius 1 is 1.09 bits per heavy atom. The van der Waals surface area contributed by atoms with Gasteiger partial charge in [0, 0.05) is 18.8 Å². The first-order valence-electron chi connectivity index (χ1n) is 7.52. The molecule has 0 aliphatic rings. The summed E-state index contributed by atoms with van der Waals surface area (Å²) >= 11 is 0. The van der Waals surface area contributed by atoms with Crippen molar-refractivity contribution in [3.05, 3.63) is 47.2 Å². The molecule has 0 aliphatic heterocycles. The van der Waals surface area contributed by atoms with Gasteiger partial charge < -0.3 is 10.2 Å². The van der Waals surface area contributed by atoms with Crippen LogP contribution >= 0.6 is 0 Å². The van der Waals surface area contributed by atoms with E-state index in [9.17, 15) is 4.79 Å². The summed E-state index contributed by atoms with van der Waals surface area (Å²) in [5, 5.41) is 11.1. The third-order valence-electron chi connectivity index (χ3n) is 3.61. The molecule has 1 aromatic heterocycles. The average molecular weight is 298 g/mol. The molecule has 0 atom stereocenters. The summed E-state index contributed by atoms with van der Waals surface area (Å²) in [6.07, 6.45) is 0. The number of aryl methyl sites for hydroxylation is 2. The van der Waals surface area contributed by atoms with Crippen LogP contribution in [0.5, 0.6) is 0 Å². The van der Waals surface area contributed by atoms with Gasteiger partial charge in [-0.1, -0.05) is 12.1 Å². The number of rotatable bonds is 5. The lowest BCUT2D eigenvalue weighted by Gasteiger charge is -2.18. The molecule has 0 unspecified atom stereocenters. The first kappa shape index (κ1) is 15.9. The number of benzene rings is 1. The lowest BCUT2D eigenvalue weighted by molar-refractivity contribution is 0.102. The molecule has 0 bridgehead atoms. The van der Waals surface area contributed by atoms with Gasteiger partial charge in [0.05, 0.1) is 0 Å². The number of nitrogens with one attached hydrogen (secondary N) is 1. The Labute approximate surface area is 131 Å². The van der Waals surface area contributed by atoms with E-state index in [1.54, 1.807) is 6.07 Å². The molecule has 0 radical (unpaired) electrons. The maximum absolute atomic E-state index is 12.3. The monoisotopic (exact) mass is 298 g/mol. The summed E-state index contributed by atoms with van der Waals surface area (Å²) in [6, 6.07) is 9.49. The minimum absolute atomic E-state index is 0.243. The number of carbonyl (C=O) groups excluding carboxylic acids is 1. The highest BCUT2D eigenvalue weighted by Gasteiger charge is 2.11. The molecule has 0 fully saturated rings. The van der Waals surface area contributed by atoms with E-state index in [0.29, 0.717) is 5.69 Å². The highest BCUT2D eigenvalue weighted by atomic mass is 16.1. The molecule has 0 saturated carbocycles. The van der Waals surface area contributed by atoms with Crippen molar-refractivity contribution in [2.75, 3.05) is 23.3 Å². The van der Waals surface area contributed by atoms with Gasteiger partial charge in [-0.05, 0) is 57.0 Å². The van der Waals surface area contributed by atoms with Crippen LogP contribution in [0, 0.1) is 13.8 Å². The van der Waals surface area contributed by atoms with Crippen molar-refractivity contribution in [2.45, 2.75) is 27.7 Å². The first-order valence-corrected chi connectivity index (χ1v) is 7.52. The zero-order valence-electron chi connectivity index (χ0n) is 13.6. The van der Waals surface area contributed by atoms with Crippen LogP contribution in [0.2, 0.25) is 0 Å². The minimum atomic E-state index is -0.243. The smallest absolute Gasteiger partial charge is 0.276 e. The number of aromatic nitrogens is 2. The predicted octanol–water partition coefficient (Wildman–Crippen LogP) is 3.19. The predicted molar refractivity (Wildman–Crippen MR) is 89.5 cm³/mol. The third kappa shape index (κ3) is 3.61. The van der Waals surface area contributed by atoms with Gasteiger partial charge in [0.1, 0.15) is 0 Å². The van der Waals surface area contributed by atoms with Crippen molar-refractivity contribution in [1.82, 2.24) is 10.2 Å². The van der Waals surface area contributed by atoms with Gasteiger partial charge in [-0.2, -0.15) is 0 Å². The molecule has 0 spiro atoms. The molecule has 5 nitrogen and oxygen atoms in total. The molecule has 0 aliphatic carbocycles. The van der Waals surface area contributed by atoms with E-state index < -0.39 is 0 Å². The topological polar surface area (TPSA) is 58.1 Å². The van der Waals surface area contributed by atoms with Crippen molar-refractivity contribution in [3.8, 4) is 0 Å². The second-order valence-electron chi connectivity index (χ2n) is 5.22. The van der Waals surface area contributed by atoms with Crippen molar-refractivity contribution in [1.29, 1.82) is 0 Å². The molecule has 1 N–H and O–H groups in total. The van der Waals surface area contributed by atoms with Crippen LogP contribution in [0.25, 0.3) is 0 Å². The van der Waals surface area contributed by atoms with Crippen LogP contribution in [0.1, 0.15) is 35.5 Å². The Morgan fingerprint density at radius 2 is 1.82 bits per heavy atom. The molecule has 116 valence electrons. The third-order valence-corrected chi connectivity index (χ3v) is 3.61. The van der Waals surface area contributed by atoms with Gasteiger partial charge >= 0.3 is 0 Å². The molecule has 22 heavy (non-hydrogen) atoms. The van der Waals surface area contributed by atoms with Gasteiger partial charge in [0.2, 0.25) is 0 Å². The van der Waals surface area contributed by atoms with Gasteiger partial charge in [-0.25, -0.2) is 0 Å². The Kier molecular flexibility index (Phi) is 5.09. The molecule has 0 saturated heterocycles. The fourth-order valence-corrected chi connectivity index (χ4v) is 2.22. The van der Waals surface area contributed by atoms with Gasteiger partial charge in [0.15, 0.2) is 11.5 Å². The second-order valence-corrected chi connectivity index (χ2v) is 5.22. The standard InChI is InChI=1S/C17H22N4O/c1-5-21(6-2)16-10-9-14(19-20-16)17(22)18-15-11-12(3)7-8-13(15)4/h7-11H,5-6H2,1-4H3,(H,18,22). The molecule has 1 amide bonds. The Morgan fingerprint density at radius 3 is 2.41 bits per heavy atom. The SMILES string of the molecule is CCN(CC)c1ccc(C(=O)Nc2cc(C)ccc2C)nn1. The molecule has 5 heteroatoms. The van der Waals surface area contributed by atoms with Crippen molar-refractivity contribution in [3.63, 3.8) is 0 Å². The summed E-state index contributed by atoms with van der Waals surface area (Å²) in [7, 11) is 0. The largest absolute Gasteiger partial charge is 0.356 e. The van der Waals surface area contributed by atoms with E-state index in [2.05, 4.69) is 34.3 Å². The molecular weight excluding hydrogens is 276 g/mol. The van der Waals surface area contributed by atoms with E-state index in [-0.39, 0.29) is 5.91 Å². The molecular formula is C17H22N4O. The van der Waals surface area contributed by atoms with Gasteiger partial charge in [0.25, 0.3) is 5.91 Å². The van der Waals surface area contributed by atoms with Crippen molar-refractivity contribution >= 4 is 17.4 Å². The van der Waals surface area contributed by atoms with Crippen LogP contribution in [0.4, 0.5) is 11.5 Å². The lowest BCUT2D eigenvalue weighted by atomic mass is 10.1. The van der Waals surface area contributed by atoms with Crippen LogP contribution in [-0.4, -0.2) is 29.2 Å². The minimum Gasteiger partial charge on any atom is -0.356 e. The van der Waals surface area contributed by atoms with Crippen molar-refractivity contribution in [2.24, 2.45) is 0 Å². The maximum Gasteiger partial charge on any atom is 0.276 e. The molecule has 1 aromatic carbocycles. The van der Waals surface area contributed by atoms with E-state index >= 15 is 0 Å². The Bertz CT molecular complexity index is 648. The fourth-order valence-electron chi connectivity index (χ4n) is 2.22. The zero-order chi connectivity index (χ0) is 16.1. The normalized spacial score (nSPS) is 10.4. The van der Waals surface area contributed by atoms with Gasteiger partial charge in [-0.15, -0.1) is 10.2 Å². The maximum atomic E-state index is 12.3. The van der Waals surface area contributed by atoms with E-state index in [1.165, 1.54) is 0 Å². The Balaban J connectivity index is 2.14. The van der Waals surface area contributed by atoms with Gasteiger partial charge in [-0.3, -0.25) is 4.79 Å². The fraction of sp³-hybridized carbons (Fsp3) is 0.353. The number of amides is 1. The highest BCUT2D eigenvalue weighted by Crippen LogP contribution is 2.17. The quantitative estimate of drug-likeness (QED) is 0.921. The Hall–Kier alpha value is -2.43.